The molecule has 102 valence electrons. The summed E-state index contributed by atoms with van der Waals surface area (Å²) in [6.07, 6.45) is 3.65. The summed E-state index contributed by atoms with van der Waals surface area (Å²) in [6, 6.07) is 14.2. The molecular weight excluding hydrogens is 328 g/mol. The molecule has 1 aliphatic heterocycles. The van der Waals surface area contributed by atoms with E-state index in [0.29, 0.717) is 6.61 Å². The summed E-state index contributed by atoms with van der Waals surface area (Å²) in [4.78, 5) is 8.98. The van der Waals surface area contributed by atoms with E-state index in [1.54, 1.807) is 6.20 Å². The Morgan fingerprint density at radius 1 is 0.952 bits per heavy atom. The number of halogens is 1. The van der Waals surface area contributed by atoms with Crippen LogP contribution in [0.4, 0.5) is 0 Å². The molecule has 0 saturated heterocycles. The molecule has 21 heavy (non-hydrogen) atoms. The second-order valence-electron chi connectivity index (χ2n) is 4.86. The molecule has 4 rings (SSSR count). The van der Waals surface area contributed by atoms with Gasteiger partial charge in [-0.1, -0.05) is 18.2 Å². The van der Waals surface area contributed by atoms with Crippen molar-refractivity contribution in [1.82, 2.24) is 9.97 Å². The lowest BCUT2D eigenvalue weighted by molar-refractivity contribution is 0.297. The van der Waals surface area contributed by atoms with Crippen molar-refractivity contribution in [3.8, 4) is 28.1 Å². The van der Waals surface area contributed by atoms with Crippen molar-refractivity contribution in [1.29, 1.82) is 0 Å². The number of pyridine rings is 2. The van der Waals surface area contributed by atoms with Crippen LogP contribution in [0.2, 0.25) is 0 Å². The fraction of sp³-hybridized carbons (Fsp3) is 0.0588. The highest BCUT2D eigenvalue weighted by atomic mass is 79.9. The lowest BCUT2D eigenvalue weighted by atomic mass is 9.98. The minimum Gasteiger partial charge on any atom is -0.487 e. The first-order valence-electron chi connectivity index (χ1n) is 6.64. The van der Waals surface area contributed by atoms with Crippen molar-refractivity contribution in [2.45, 2.75) is 6.61 Å². The minimum absolute atomic E-state index is 0.514. The zero-order valence-corrected chi connectivity index (χ0v) is 12.7. The van der Waals surface area contributed by atoms with E-state index >= 15 is 0 Å². The molecule has 0 N–H and O–H groups in total. The van der Waals surface area contributed by atoms with Crippen LogP contribution in [0.1, 0.15) is 5.69 Å². The smallest absolute Gasteiger partial charge is 0.131 e. The van der Waals surface area contributed by atoms with Crippen LogP contribution in [0.3, 0.4) is 0 Å². The first kappa shape index (κ1) is 12.5. The molecule has 0 amide bonds. The van der Waals surface area contributed by atoms with E-state index in [4.69, 9.17) is 4.74 Å². The molecule has 1 aliphatic rings. The summed E-state index contributed by atoms with van der Waals surface area (Å²) >= 11 is 3.40. The number of hydrogen-bond donors (Lipinski definition) is 0. The van der Waals surface area contributed by atoms with Gasteiger partial charge >= 0.3 is 0 Å². The number of ether oxygens (including phenoxy) is 1. The van der Waals surface area contributed by atoms with Crippen molar-refractivity contribution in [3.63, 3.8) is 0 Å². The molecule has 3 heterocycles. The van der Waals surface area contributed by atoms with Gasteiger partial charge in [-0.3, -0.25) is 9.97 Å². The summed E-state index contributed by atoms with van der Waals surface area (Å²) in [6.45, 7) is 0.514. The Kier molecular flexibility index (Phi) is 2.97. The Hall–Kier alpha value is -2.20. The Balaban J connectivity index is 1.86. The lowest BCUT2D eigenvalue weighted by Gasteiger charge is -2.20. The largest absolute Gasteiger partial charge is 0.487 e. The first-order chi connectivity index (χ1) is 10.3. The lowest BCUT2D eigenvalue weighted by Crippen LogP contribution is -2.07. The van der Waals surface area contributed by atoms with Gasteiger partial charge in [-0.25, -0.2) is 0 Å². The van der Waals surface area contributed by atoms with Crippen molar-refractivity contribution < 1.29 is 4.74 Å². The number of fused-ring (bicyclic) bond motifs is 3. The molecule has 0 radical (unpaired) electrons. The average molecular weight is 339 g/mol. The number of hydrogen-bond acceptors (Lipinski definition) is 3. The van der Waals surface area contributed by atoms with Gasteiger partial charge in [-0.15, -0.1) is 0 Å². The van der Waals surface area contributed by atoms with Crippen molar-refractivity contribution in [2.75, 3.05) is 0 Å². The molecule has 0 atom stereocenters. The number of rotatable bonds is 1. The third kappa shape index (κ3) is 2.21. The van der Waals surface area contributed by atoms with Gasteiger partial charge in [0.15, 0.2) is 0 Å². The maximum absolute atomic E-state index is 5.73. The molecule has 0 unspecified atom stereocenters. The molecule has 0 spiro atoms. The van der Waals surface area contributed by atoms with Crippen LogP contribution in [-0.2, 0) is 6.61 Å². The molecule has 0 bridgehead atoms. The monoisotopic (exact) mass is 338 g/mol. The Morgan fingerprint density at radius 3 is 2.71 bits per heavy atom. The highest BCUT2D eigenvalue weighted by molar-refractivity contribution is 9.10. The number of aromatic nitrogens is 2. The van der Waals surface area contributed by atoms with Crippen LogP contribution in [0, 0.1) is 0 Å². The normalized spacial score (nSPS) is 12.2. The van der Waals surface area contributed by atoms with E-state index in [1.807, 2.05) is 36.5 Å². The summed E-state index contributed by atoms with van der Waals surface area (Å²) in [5.74, 6) is 0.910. The molecular formula is C17H11BrN2O. The van der Waals surface area contributed by atoms with Crippen LogP contribution < -0.4 is 4.74 Å². The minimum atomic E-state index is 0.514. The predicted molar refractivity (Wildman–Crippen MR) is 84.9 cm³/mol. The molecule has 0 saturated carbocycles. The summed E-state index contributed by atoms with van der Waals surface area (Å²) in [7, 11) is 0. The quantitative estimate of drug-likeness (QED) is 0.656. The van der Waals surface area contributed by atoms with E-state index in [0.717, 1.165) is 38.3 Å². The topological polar surface area (TPSA) is 35.0 Å². The first-order valence-corrected chi connectivity index (χ1v) is 7.43. The van der Waals surface area contributed by atoms with Gasteiger partial charge in [0.25, 0.3) is 0 Å². The second kappa shape index (κ2) is 4.97. The Bertz CT molecular complexity index is 815. The van der Waals surface area contributed by atoms with Gasteiger partial charge in [-0.05, 0) is 40.2 Å². The average Bonchev–Trinajstić information content (AvgIpc) is 2.55. The van der Waals surface area contributed by atoms with Crippen LogP contribution in [0.25, 0.3) is 22.4 Å². The van der Waals surface area contributed by atoms with Crippen LogP contribution in [-0.4, -0.2) is 9.97 Å². The van der Waals surface area contributed by atoms with E-state index in [1.165, 1.54) is 0 Å². The summed E-state index contributed by atoms with van der Waals surface area (Å²) in [5.41, 5.74) is 5.11. The van der Waals surface area contributed by atoms with E-state index in [9.17, 15) is 0 Å². The highest BCUT2D eigenvalue weighted by Gasteiger charge is 2.18. The molecule has 3 nitrogen and oxygen atoms in total. The standard InChI is InChI=1S/C17H11BrN2O/c18-12-5-6-15(20-9-12)11-7-14-13-3-1-2-4-17(13)21-10-16(14)19-8-11/h1-9H,10H2. The zero-order valence-electron chi connectivity index (χ0n) is 11.1. The second-order valence-corrected chi connectivity index (χ2v) is 5.78. The number of benzene rings is 1. The fourth-order valence-electron chi connectivity index (χ4n) is 2.49. The molecule has 2 aromatic heterocycles. The van der Waals surface area contributed by atoms with Gasteiger partial charge in [0.2, 0.25) is 0 Å². The van der Waals surface area contributed by atoms with Gasteiger partial charge in [0.05, 0.1) is 11.4 Å². The molecule has 4 heteroatoms. The van der Waals surface area contributed by atoms with Gasteiger partial charge in [0.1, 0.15) is 12.4 Å². The Morgan fingerprint density at radius 2 is 1.86 bits per heavy atom. The zero-order chi connectivity index (χ0) is 14.2. The van der Waals surface area contributed by atoms with Crippen LogP contribution >= 0.6 is 15.9 Å². The SMILES string of the molecule is Brc1ccc(-c2cnc3c(c2)-c2ccccc2OC3)nc1. The van der Waals surface area contributed by atoms with E-state index < -0.39 is 0 Å². The van der Waals surface area contributed by atoms with Crippen molar-refractivity contribution >= 4 is 15.9 Å². The van der Waals surface area contributed by atoms with Crippen LogP contribution in [0.5, 0.6) is 5.75 Å². The number of nitrogens with zero attached hydrogens (tertiary/aromatic N) is 2. The molecule has 3 aromatic rings. The van der Waals surface area contributed by atoms with E-state index in [-0.39, 0.29) is 0 Å². The molecule has 0 aliphatic carbocycles. The van der Waals surface area contributed by atoms with Gasteiger partial charge in [-0.2, -0.15) is 0 Å². The summed E-state index contributed by atoms with van der Waals surface area (Å²) < 4.78 is 6.70. The number of para-hydroxylation sites is 1. The van der Waals surface area contributed by atoms with E-state index in [2.05, 4.69) is 38.0 Å². The van der Waals surface area contributed by atoms with Crippen LogP contribution in [0.15, 0.2) is 59.3 Å². The third-order valence-corrected chi connectivity index (χ3v) is 4.00. The van der Waals surface area contributed by atoms with Crippen molar-refractivity contribution in [3.05, 3.63) is 65.0 Å². The molecule has 1 aromatic carbocycles. The maximum atomic E-state index is 5.73. The maximum Gasteiger partial charge on any atom is 0.131 e. The Labute approximate surface area is 130 Å². The predicted octanol–water partition coefficient (Wildman–Crippen LogP) is 4.47. The van der Waals surface area contributed by atoms with Gasteiger partial charge in [0, 0.05) is 33.6 Å². The van der Waals surface area contributed by atoms with Gasteiger partial charge < -0.3 is 4.74 Å². The summed E-state index contributed by atoms with van der Waals surface area (Å²) in [5, 5.41) is 0. The van der Waals surface area contributed by atoms with Crippen molar-refractivity contribution in [2.24, 2.45) is 0 Å². The third-order valence-electron chi connectivity index (χ3n) is 3.53. The highest BCUT2D eigenvalue weighted by Crippen LogP contribution is 2.37. The fourth-order valence-corrected chi connectivity index (χ4v) is 2.72. The molecule has 0 fully saturated rings.